The van der Waals surface area contributed by atoms with Gasteiger partial charge in [0.15, 0.2) is 0 Å². The summed E-state index contributed by atoms with van der Waals surface area (Å²) in [6.45, 7) is 4.33. The third kappa shape index (κ3) is 20.1. The molecule has 0 rings (SSSR count). The van der Waals surface area contributed by atoms with Gasteiger partial charge in [0.05, 0.1) is 6.61 Å². The van der Waals surface area contributed by atoms with Crippen LogP contribution in [0.4, 0.5) is 0 Å². The van der Waals surface area contributed by atoms with Crippen molar-refractivity contribution in [2.24, 2.45) is 0 Å². The Morgan fingerprint density at radius 1 is 0.786 bits per heavy atom. The summed E-state index contributed by atoms with van der Waals surface area (Å²) in [6, 6.07) is 0. The lowest BCUT2D eigenvalue weighted by Gasteiger charge is -2.11. The van der Waals surface area contributed by atoms with Gasteiger partial charge in [0.25, 0.3) is 0 Å². The molecule has 0 radical (unpaired) electrons. The van der Waals surface area contributed by atoms with Crippen molar-refractivity contribution in [3.8, 4) is 0 Å². The number of phosphoric acid groups is 1. The predicted octanol–water partition coefficient (Wildman–Crippen LogP) is 7.48. The van der Waals surface area contributed by atoms with Crippen molar-refractivity contribution < 1.29 is 23.3 Å². The highest BCUT2D eigenvalue weighted by atomic mass is 31.2. The van der Waals surface area contributed by atoms with E-state index >= 15 is 0 Å². The number of carbonyl (C=O) groups excluding carboxylic acids is 1. The Kier molecular flexibility index (Phi) is 19.2. The Labute approximate surface area is 172 Å². The fourth-order valence-corrected chi connectivity index (χ4v) is 3.63. The van der Waals surface area contributed by atoms with E-state index in [1.807, 2.05) is 6.92 Å². The highest BCUT2D eigenvalue weighted by Crippen LogP contribution is 2.43. The van der Waals surface area contributed by atoms with Gasteiger partial charge in [0.2, 0.25) is 0 Å². The summed E-state index contributed by atoms with van der Waals surface area (Å²) in [7, 11) is -4.23. The molecule has 0 bridgehead atoms. The molecule has 5 nitrogen and oxygen atoms in total. The normalized spacial score (nSPS) is 13.7. The summed E-state index contributed by atoms with van der Waals surface area (Å²) in [5.41, 5.74) is 0. The van der Waals surface area contributed by atoms with Crippen LogP contribution in [0.1, 0.15) is 117 Å². The van der Waals surface area contributed by atoms with Crippen LogP contribution in [0.3, 0.4) is 0 Å². The Hall–Kier alpha value is -0.640. The summed E-state index contributed by atoms with van der Waals surface area (Å²) in [5.74, 6) is -0.653. The lowest BCUT2D eigenvalue weighted by molar-refractivity contribution is -0.136. The number of hydrogen-bond donors (Lipinski definition) is 1. The van der Waals surface area contributed by atoms with Crippen LogP contribution in [0.15, 0.2) is 12.2 Å². The summed E-state index contributed by atoms with van der Waals surface area (Å²) < 4.78 is 20.8. The highest BCUT2D eigenvalue weighted by Gasteiger charge is 2.25. The summed E-state index contributed by atoms with van der Waals surface area (Å²) in [5, 5.41) is 0. The maximum atomic E-state index is 11.6. The van der Waals surface area contributed by atoms with Gasteiger partial charge < -0.3 is 4.52 Å². The second-order valence-corrected chi connectivity index (χ2v) is 8.83. The molecular formula is C22H43O5P. The molecule has 0 aliphatic carbocycles. The van der Waals surface area contributed by atoms with Gasteiger partial charge in [-0.2, -0.15) is 0 Å². The quantitative estimate of drug-likeness (QED) is 0.126. The van der Waals surface area contributed by atoms with Crippen LogP contribution in [-0.4, -0.2) is 17.5 Å². The molecule has 1 N–H and O–H groups in total. The number of unbranched alkanes of at least 4 members (excludes halogenated alkanes) is 12. The van der Waals surface area contributed by atoms with Crippen molar-refractivity contribution in [2.75, 3.05) is 6.61 Å². The largest absolute Gasteiger partial charge is 0.529 e. The molecule has 0 spiro atoms. The topological polar surface area (TPSA) is 72.8 Å². The van der Waals surface area contributed by atoms with Crippen LogP contribution >= 0.6 is 7.82 Å². The molecule has 1 atom stereocenters. The van der Waals surface area contributed by atoms with Crippen LogP contribution < -0.4 is 0 Å². The Bertz CT molecular complexity index is 437. The average molecular weight is 419 g/mol. The molecule has 0 aromatic heterocycles. The van der Waals surface area contributed by atoms with Gasteiger partial charge in [-0.25, -0.2) is 4.57 Å². The van der Waals surface area contributed by atoms with Crippen LogP contribution in [0.2, 0.25) is 0 Å². The molecule has 0 saturated heterocycles. The second kappa shape index (κ2) is 19.7. The first-order valence-electron chi connectivity index (χ1n) is 11.4. The lowest BCUT2D eigenvalue weighted by Crippen LogP contribution is -2.05. The molecule has 0 aliphatic rings. The number of hydrogen-bond acceptors (Lipinski definition) is 4. The van der Waals surface area contributed by atoms with E-state index in [0.29, 0.717) is 12.8 Å². The van der Waals surface area contributed by atoms with E-state index in [4.69, 9.17) is 4.52 Å². The third-order valence-corrected chi connectivity index (χ3v) is 5.56. The van der Waals surface area contributed by atoms with E-state index in [1.165, 1.54) is 51.4 Å². The van der Waals surface area contributed by atoms with Gasteiger partial charge in [0.1, 0.15) is 0 Å². The molecule has 0 aromatic carbocycles. The third-order valence-electron chi connectivity index (χ3n) is 4.61. The Morgan fingerprint density at radius 3 is 1.86 bits per heavy atom. The summed E-state index contributed by atoms with van der Waals surface area (Å²) in [6.07, 6.45) is 21.7. The molecule has 0 heterocycles. The van der Waals surface area contributed by atoms with Crippen molar-refractivity contribution in [1.82, 2.24) is 0 Å². The zero-order valence-corrected chi connectivity index (χ0v) is 19.1. The molecule has 6 heteroatoms. The lowest BCUT2D eigenvalue weighted by atomic mass is 10.1. The Morgan fingerprint density at radius 2 is 1.29 bits per heavy atom. The maximum absolute atomic E-state index is 11.6. The van der Waals surface area contributed by atoms with E-state index in [-0.39, 0.29) is 13.0 Å². The molecule has 0 amide bonds. The number of carbonyl (C=O) groups is 1. The van der Waals surface area contributed by atoms with Crippen molar-refractivity contribution in [2.45, 2.75) is 117 Å². The number of allylic oxidation sites excluding steroid dienone is 2. The van der Waals surface area contributed by atoms with Crippen LogP contribution in [-0.2, 0) is 18.4 Å². The van der Waals surface area contributed by atoms with Crippen LogP contribution in [0.25, 0.3) is 0 Å². The molecule has 1 unspecified atom stereocenters. The fourth-order valence-electron chi connectivity index (χ4n) is 2.86. The molecule has 0 aliphatic heterocycles. The van der Waals surface area contributed by atoms with E-state index < -0.39 is 13.8 Å². The highest BCUT2D eigenvalue weighted by molar-refractivity contribution is 7.48. The van der Waals surface area contributed by atoms with Crippen LogP contribution in [0.5, 0.6) is 0 Å². The van der Waals surface area contributed by atoms with Crippen molar-refractivity contribution >= 4 is 13.8 Å². The minimum atomic E-state index is -4.23. The standard InChI is InChI=1S/C22H43O5P/c1-3-5-7-8-9-10-11-12-13-14-15-16-17-18-19-20-22(23)27-28(24,25)26-21-6-4-2/h12-13H,3-11,14-21H2,1-2H3,(H,24,25). The van der Waals surface area contributed by atoms with Gasteiger partial charge in [-0.3, -0.25) is 14.2 Å². The van der Waals surface area contributed by atoms with Gasteiger partial charge in [-0.1, -0.05) is 83.8 Å². The van der Waals surface area contributed by atoms with Gasteiger partial charge in [-0.15, -0.1) is 0 Å². The van der Waals surface area contributed by atoms with E-state index in [2.05, 4.69) is 23.6 Å². The van der Waals surface area contributed by atoms with Crippen molar-refractivity contribution in [3.05, 3.63) is 12.2 Å². The van der Waals surface area contributed by atoms with Gasteiger partial charge >= 0.3 is 13.8 Å². The van der Waals surface area contributed by atoms with E-state index in [0.717, 1.165) is 32.1 Å². The first kappa shape index (κ1) is 27.4. The van der Waals surface area contributed by atoms with Gasteiger partial charge in [-0.05, 0) is 38.5 Å². The monoisotopic (exact) mass is 418 g/mol. The Balaban J connectivity index is 3.43. The molecule has 0 saturated carbocycles. The van der Waals surface area contributed by atoms with E-state index in [1.54, 1.807) is 0 Å². The average Bonchev–Trinajstić information content (AvgIpc) is 2.64. The molecule has 0 aromatic rings. The number of rotatable bonds is 20. The zero-order valence-electron chi connectivity index (χ0n) is 18.2. The van der Waals surface area contributed by atoms with Crippen molar-refractivity contribution in [3.63, 3.8) is 0 Å². The smallest absolute Gasteiger partial charge is 0.371 e. The molecule has 166 valence electrons. The number of phosphoric ester groups is 1. The predicted molar refractivity (Wildman–Crippen MR) is 116 cm³/mol. The fraction of sp³-hybridized carbons (Fsp3) is 0.864. The minimum Gasteiger partial charge on any atom is -0.371 e. The minimum absolute atomic E-state index is 0.130. The first-order chi connectivity index (χ1) is 13.5. The maximum Gasteiger partial charge on any atom is 0.529 e. The molecule has 0 fully saturated rings. The van der Waals surface area contributed by atoms with Gasteiger partial charge in [0, 0.05) is 6.42 Å². The van der Waals surface area contributed by atoms with Crippen LogP contribution in [0, 0.1) is 0 Å². The zero-order chi connectivity index (χ0) is 20.9. The molecule has 28 heavy (non-hydrogen) atoms. The summed E-state index contributed by atoms with van der Waals surface area (Å²) in [4.78, 5) is 21.0. The summed E-state index contributed by atoms with van der Waals surface area (Å²) >= 11 is 0. The first-order valence-corrected chi connectivity index (χ1v) is 12.9. The second-order valence-electron chi connectivity index (χ2n) is 7.45. The molecular weight excluding hydrogens is 375 g/mol. The van der Waals surface area contributed by atoms with E-state index in [9.17, 15) is 14.3 Å². The van der Waals surface area contributed by atoms with Crippen molar-refractivity contribution in [1.29, 1.82) is 0 Å². The SMILES string of the molecule is CCCCCCCCC=CCCCCCCCC(=O)OP(=O)(O)OCCCC.